The minimum absolute atomic E-state index is 0.146. The fourth-order valence-corrected chi connectivity index (χ4v) is 5.56. The van der Waals surface area contributed by atoms with Crippen molar-refractivity contribution in [3.8, 4) is 11.1 Å². The SMILES string of the molecule is C[Si](C)(c1ccc(C(F)(F)F)c(C(F)(F)F)c1)c1nc2ccc(-c3ccccc3)cc2o1. The zero-order valence-electron chi connectivity index (χ0n) is 17.0. The summed E-state index contributed by atoms with van der Waals surface area (Å²) in [5.74, 6) is 0. The summed E-state index contributed by atoms with van der Waals surface area (Å²) >= 11 is 0. The maximum Gasteiger partial charge on any atom is 0.417 e. The Balaban J connectivity index is 1.79. The van der Waals surface area contributed by atoms with Crippen molar-refractivity contribution in [1.29, 1.82) is 0 Å². The van der Waals surface area contributed by atoms with E-state index in [4.69, 9.17) is 4.42 Å². The molecule has 0 saturated carbocycles. The van der Waals surface area contributed by atoms with Gasteiger partial charge in [0, 0.05) is 0 Å². The lowest BCUT2D eigenvalue weighted by Gasteiger charge is -2.22. The van der Waals surface area contributed by atoms with Crippen LogP contribution in [0.25, 0.3) is 22.2 Å². The summed E-state index contributed by atoms with van der Waals surface area (Å²) in [7, 11) is -2.97. The number of alkyl halides is 6. The summed E-state index contributed by atoms with van der Waals surface area (Å²) in [4.78, 5) is 4.45. The molecule has 0 aliphatic rings. The molecule has 1 heterocycles. The Labute approximate surface area is 180 Å². The summed E-state index contributed by atoms with van der Waals surface area (Å²) in [5.41, 5.74) is -0.330. The summed E-state index contributed by atoms with van der Waals surface area (Å²) in [6, 6.07) is 17.1. The second-order valence-corrected chi connectivity index (χ2v) is 12.2. The van der Waals surface area contributed by atoms with E-state index in [1.165, 1.54) is 0 Å². The van der Waals surface area contributed by atoms with Crippen LogP contribution >= 0.6 is 0 Å². The average molecular weight is 465 g/mol. The Morgan fingerprint density at radius 1 is 0.719 bits per heavy atom. The van der Waals surface area contributed by atoms with Gasteiger partial charge < -0.3 is 4.42 Å². The summed E-state index contributed by atoms with van der Waals surface area (Å²) < 4.78 is 85.5. The van der Waals surface area contributed by atoms with Gasteiger partial charge in [0.1, 0.15) is 5.52 Å². The molecule has 0 fully saturated rings. The Morgan fingerprint density at radius 3 is 2.00 bits per heavy atom. The molecule has 2 nitrogen and oxygen atoms in total. The van der Waals surface area contributed by atoms with E-state index in [0.29, 0.717) is 23.2 Å². The van der Waals surface area contributed by atoms with Crippen LogP contribution in [0.1, 0.15) is 11.1 Å². The zero-order valence-corrected chi connectivity index (χ0v) is 18.0. The minimum Gasteiger partial charge on any atom is -0.445 e. The maximum atomic E-state index is 13.4. The number of aromatic nitrogens is 1. The van der Waals surface area contributed by atoms with Crippen molar-refractivity contribution in [1.82, 2.24) is 4.98 Å². The highest BCUT2D eigenvalue weighted by Crippen LogP contribution is 2.40. The molecule has 4 rings (SSSR count). The van der Waals surface area contributed by atoms with Crippen molar-refractivity contribution in [3.63, 3.8) is 0 Å². The van der Waals surface area contributed by atoms with Gasteiger partial charge in [-0.1, -0.05) is 55.6 Å². The van der Waals surface area contributed by atoms with E-state index in [0.717, 1.165) is 17.2 Å². The molecule has 1 aromatic heterocycles. The predicted octanol–water partition coefficient (Wildman–Crippen LogP) is 6.36. The fourth-order valence-electron chi connectivity index (χ4n) is 3.54. The van der Waals surface area contributed by atoms with Gasteiger partial charge in [0.05, 0.1) is 11.1 Å². The van der Waals surface area contributed by atoms with Crippen LogP contribution in [0, 0.1) is 0 Å². The highest BCUT2D eigenvalue weighted by Gasteiger charge is 2.44. The van der Waals surface area contributed by atoms with Gasteiger partial charge >= 0.3 is 12.4 Å². The van der Waals surface area contributed by atoms with Crippen molar-refractivity contribution in [2.75, 3.05) is 0 Å². The van der Waals surface area contributed by atoms with Crippen LogP contribution in [-0.4, -0.2) is 13.1 Å². The lowest BCUT2D eigenvalue weighted by Crippen LogP contribution is -2.54. The third-order valence-electron chi connectivity index (χ3n) is 5.38. The van der Waals surface area contributed by atoms with Crippen LogP contribution in [0.3, 0.4) is 0 Å². The van der Waals surface area contributed by atoms with Gasteiger partial charge in [-0.2, -0.15) is 26.3 Å². The van der Waals surface area contributed by atoms with E-state index in [1.54, 1.807) is 25.2 Å². The standard InChI is InChI=1S/C23H17F6NOSi/c1-32(2,16-9-10-17(22(24,25)26)18(13-16)23(27,28)29)21-30-19-11-8-15(12-20(19)31-21)14-6-4-3-5-7-14/h3-13H,1-2H3. The zero-order chi connectivity index (χ0) is 23.3. The van der Waals surface area contributed by atoms with Crippen LogP contribution in [0.15, 0.2) is 71.1 Å². The van der Waals surface area contributed by atoms with Crippen molar-refractivity contribution < 1.29 is 30.8 Å². The Hall–Kier alpha value is -3.07. The van der Waals surface area contributed by atoms with Crippen molar-refractivity contribution in [2.24, 2.45) is 0 Å². The number of nitrogens with zero attached hydrogens (tertiary/aromatic N) is 1. The van der Waals surface area contributed by atoms with Crippen LogP contribution in [0.5, 0.6) is 0 Å². The molecule has 0 spiro atoms. The molecule has 0 unspecified atom stereocenters. The monoisotopic (exact) mass is 465 g/mol. The van der Waals surface area contributed by atoms with E-state index >= 15 is 0 Å². The third kappa shape index (κ3) is 4.04. The molecule has 0 bridgehead atoms. The Bertz CT molecular complexity index is 1280. The molecule has 0 N–H and O–H groups in total. The number of hydrogen-bond donors (Lipinski definition) is 0. The van der Waals surface area contributed by atoms with E-state index < -0.39 is 31.6 Å². The number of oxazole rings is 1. The van der Waals surface area contributed by atoms with Gasteiger partial charge in [-0.3, -0.25) is 0 Å². The van der Waals surface area contributed by atoms with Gasteiger partial charge in [0.15, 0.2) is 19.2 Å². The van der Waals surface area contributed by atoms with Crippen LogP contribution < -0.4 is 10.7 Å². The van der Waals surface area contributed by atoms with Gasteiger partial charge in [-0.05, 0) is 40.6 Å². The maximum absolute atomic E-state index is 13.4. The minimum atomic E-state index is -5.14. The Morgan fingerprint density at radius 2 is 1.38 bits per heavy atom. The van der Waals surface area contributed by atoms with Gasteiger partial charge in [-0.15, -0.1) is 0 Å². The number of rotatable bonds is 3. The quantitative estimate of drug-likeness (QED) is 0.260. The molecule has 0 atom stereocenters. The fraction of sp³-hybridized carbons (Fsp3) is 0.174. The van der Waals surface area contributed by atoms with Crippen LogP contribution in [-0.2, 0) is 12.4 Å². The topological polar surface area (TPSA) is 26.0 Å². The van der Waals surface area contributed by atoms with E-state index in [-0.39, 0.29) is 10.7 Å². The molecule has 0 saturated heterocycles. The molecule has 166 valence electrons. The van der Waals surface area contributed by atoms with Gasteiger partial charge in [0.25, 0.3) is 0 Å². The lowest BCUT2D eigenvalue weighted by atomic mass is 10.1. The smallest absolute Gasteiger partial charge is 0.417 e. The average Bonchev–Trinajstić information content (AvgIpc) is 3.17. The summed E-state index contributed by atoms with van der Waals surface area (Å²) in [6.07, 6.45) is -10.3. The molecular weight excluding hydrogens is 448 g/mol. The first-order valence-electron chi connectivity index (χ1n) is 9.63. The Kier molecular flexibility index (Phi) is 5.19. The van der Waals surface area contributed by atoms with Crippen LogP contribution in [0.4, 0.5) is 26.3 Å². The lowest BCUT2D eigenvalue weighted by molar-refractivity contribution is -0.162. The first kappa shape index (κ1) is 22.1. The largest absolute Gasteiger partial charge is 0.445 e. The normalized spacial score (nSPS) is 13.0. The first-order valence-corrected chi connectivity index (χ1v) is 12.6. The highest BCUT2D eigenvalue weighted by atomic mass is 28.3. The first-order chi connectivity index (χ1) is 14.9. The van der Waals surface area contributed by atoms with Crippen molar-refractivity contribution >= 4 is 29.9 Å². The van der Waals surface area contributed by atoms with Crippen molar-refractivity contribution in [2.45, 2.75) is 25.4 Å². The molecule has 32 heavy (non-hydrogen) atoms. The predicted molar refractivity (Wildman–Crippen MR) is 113 cm³/mol. The van der Waals surface area contributed by atoms with Gasteiger partial charge in [-0.25, -0.2) is 4.98 Å². The van der Waals surface area contributed by atoms with E-state index in [9.17, 15) is 26.3 Å². The molecule has 9 heteroatoms. The van der Waals surface area contributed by atoms with E-state index in [1.807, 2.05) is 36.4 Å². The van der Waals surface area contributed by atoms with Crippen LogP contribution in [0.2, 0.25) is 13.1 Å². The number of hydrogen-bond acceptors (Lipinski definition) is 2. The molecule has 0 aliphatic heterocycles. The van der Waals surface area contributed by atoms with Gasteiger partial charge in [0.2, 0.25) is 0 Å². The van der Waals surface area contributed by atoms with Crippen molar-refractivity contribution in [3.05, 3.63) is 77.9 Å². The highest BCUT2D eigenvalue weighted by molar-refractivity contribution is 6.99. The molecule has 3 aromatic carbocycles. The second-order valence-electron chi connectivity index (χ2n) is 7.95. The summed E-state index contributed by atoms with van der Waals surface area (Å²) in [6.45, 7) is 3.39. The molecular formula is C23H17F6NOSi. The summed E-state index contributed by atoms with van der Waals surface area (Å²) in [5, 5.41) is 0.146. The number of fused-ring (bicyclic) bond motifs is 1. The molecule has 4 aromatic rings. The second kappa shape index (κ2) is 7.51. The molecule has 0 aliphatic carbocycles. The molecule has 0 radical (unpaired) electrons. The third-order valence-corrected chi connectivity index (χ3v) is 8.42. The molecule has 0 amide bonds. The number of halogens is 6. The van der Waals surface area contributed by atoms with E-state index in [2.05, 4.69) is 4.98 Å². The number of benzene rings is 3.